The van der Waals surface area contributed by atoms with Crippen molar-refractivity contribution in [3.8, 4) is 0 Å². The Morgan fingerprint density at radius 1 is 1.35 bits per heavy atom. The maximum Gasteiger partial charge on any atom is 0.255 e. The number of carbonyl (C=O) groups is 1. The van der Waals surface area contributed by atoms with Crippen molar-refractivity contribution in [2.75, 3.05) is 7.05 Å². The van der Waals surface area contributed by atoms with Crippen LogP contribution < -0.4 is 0 Å². The van der Waals surface area contributed by atoms with E-state index in [2.05, 4.69) is 23.8 Å². The Bertz CT molecular complexity index is 586. The van der Waals surface area contributed by atoms with E-state index < -0.39 is 0 Å². The number of pyridine rings is 1. The third-order valence-corrected chi connectivity index (χ3v) is 3.27. The first kappa shape index (κ1) is 14.2. The molecule has 5 nitrogen and oxygen atoms in total. The molecule has 0 saturated carbocycles. The number of hydrogen-bond donors (Lipinski definition) is 0. The Morgan fingerprint density at radius 3 is 2.60 bits per heavy atom. The Labute approximate surface area is 119 Å². The molecule has 2 aromatic rings. The van der Waals surface area contributed by atoms with Gasteiger partial charge in [0.1, 0.15) is 5.82 Å². The number of aryl methyl sites for hydroxylation is 1. The van der Waals surface area contributed by atoms with Crippen LogP contribution in [-0.2, 0) is 13.6 Å². The van der Waals surface area contributed by atoms with Crippen LogP contribution in [0, 0.1) is 0 Å². The molecule has 1 amide bonds. The SMILES string of the molecule is CC(C)c1ccc(C(=O)N(C)Cc2nccn2C)cn1. The van der Waals surface area contributed by atoms with E-state index >= 15 is 0 Å². The second-order valence-corrected chi connectivity index (χ2v) is 5.24. The summed E-state index contributed by atoms with van der Waals surface area (Å²) in [5, 5.41) is 0. The molecule has 5 heteroatoms. The van der Waals surface area contributed by atoms with Gasteiger partial charge in [0, 0.05) is 38.4 Å². The van der Waals surface area contributed by atoms with E-state index in [1.165, 1.54) is 0 Å². The van der Waals surface area contributed by atoms with E-state index in [-0.39, 0.29) is 5.91 Å². The summed E-state index contributed by atoms with van der Waals surface area (Å²) in [5.41, 5.74) is 1.60. The average Bonchev–Trinajstić information content (AvgIpc) is 2.83. The van der Waals surface area contributed by atoms with Crippen molar-refractivity contribution in [3.63, 3.8) is 0 Å². The van der Waals surface area contributed by atoms with Crippen molar-refractivity contribution in [1.29, 1.82) is 0 Å². The predicted octanol–water partition coefficient (Wildman–Crippen LogP) is 2.21. The molecule has 0 aromatic carbocycles. The summed E-state index contributed by atoms with van der Waals surface area (Å²) in [4.78, 5) is 22.5. The summed E-state index contributed by atoms with van der Waals surface area (Å²) in [5.74, 6) is 1.17. The minimum absolute atomic E-state index is 0.0455. The topological polar surface area (TPSA) is 51.0 Å². The number of aromatic nitrogens is 3. The molecule has 20 heavy (non-hydrogen) atoms. The molecule has 0 spiro atoms. The second kappa shape index (κ2) is 5.86. The van der Waals surface area contributed by atoms with Gasteiger partial charge >= 0.3 is 0 Å². The molecule has 0 aliphatic heterocycles. The number of imidazole rings is 1. The minimum atomic E-state index is -0.0455. The number of amides is 1. The van der Waals surface area contributed by atoms with E-state index in [1.807, 2.05) is 29.9 Å². The lowest BCUT2D eigenvalue weighted by Gasteiger charge is -2.17. The third kappa shape index (κ3) is 3.04. The van der Waals surface area contributed by atoms with Crippen LogP contribution >= 0.6 is 0 Å². The van der Waals surface area contributed by atoms with Crippen molar-refractivity contribution in [2.45, 2.75) is 26.3 Å². The molecule has 0 aliphatic rings. The van der Waals surface area contributed by atoms with Gasteiger partial charge in [-0.15, -0.1) is 0 Å². The molecule has 0 N–H and O–H groups in total. The van der Waals surface area contributed by atoms with Crippen molar-refractivity contribution < 1.29 is 4.79 Å². The van der Waals surface area contributed by atoms with Gasteiger partial charge in [0.25, 0.3) is 5.91 Å². The van der Waals surface area contributed by atoms with Crippen LogP contribution in [-0.4, -0.2) is 32.4 Å². The number of carbonyl (C=O) groups excluding carboxylic acids is 1. The zero-order valence-corrected chi connectivity index (χ0v) is 12.4. The van der Waals surface area contributed by atoms with E-state index in [9.17, 15) is 4.79 Å². The van der Waals surface area contributed by atoms with Gasteiger partial charge < -0.3 is 9.47 Å². The second-order valence-electron chi connectivity index (χ2n) is 5.24. The Kier molecular flexibility index (Phi) is 4.17. The summed E-state index contributed by atoms with van der Waals surface area (Å²) in [6, 6.07) is 3.74. The monoisotopic (exact) mass is 272 g/mol. The Morgan fingerprint density at radius 2 is 2.10 bits per heavy atom. The molecular formula is C15H20N4O. The smallest absolute Gasteiger partial charge is 0.255 e. The van der Waals surface area contributed by atoms with Crippen molar-refractivity contribution in [1.82, 2.24) is 19.4 Å². The van der Waals surface area contributed by atoms with Gasteiger partial charge in [-0.25, -0.2) is 4.98 Å². The van der Waals surface area contributed by atoms with Crippen LogP contribution in [0.1, 0.15) is 41.6 Å². The zero-order valence-electron chi connectivity index (χ0n) is 12.4. The van der Waals surface area contributed by atoms with Gasteiger partial charge in [-0.2, -0.15) is 0 Å². The summed E-state index contributed by atoms with van der Waals surface area (Å²) in [6.07, 6.45) is 5.24. The van der Waals surface area contributed by atoms with E-state index in [1.54, 1.807) is 24.3 Å². The highest BCUT2D eigenvalue weighted by atomic mass is 16.2. The van der Waals surface area contributed by atoms with Gasteiger partial charge in [0.2, 0.25) is 0 Å². The van der Waals surface area contributed by atoms with E-state index in [4.69, 9.17) is 0 Å². The summed E-state index contributed by atoms with van der Waals surface area (Å²) < 4.78 is 1.91. The molecule has 0 saturated heterocycles. The number of rotatable bonds is 4. The van der Waals surface area contributed by atoms with Crippen molar-refractivity contribution in [2.24, 2.45) is 7.05 Å². The van der Waals surface area contributed by atoms with Crippen LogP contribution in [0.25, 0.3) is 0 Å². The van der Waals surface area contributed by atoms with E-state index in [0.717, 1.165) is 11.5 Å². The van der Waals surface area contributed by atoms with Gasteiger partial charge in [-0.05, 0) is 18.1 Å². The lowest BCUT2D eigenvalue weighted by Crippen LogP contribution is -2.27. The lowest BCUT2D eigenvalue weighted by molar-refractivity contribution is 0.0780. The Hall–Kier alpha value is -2.17. The zero-order chi connectivity index (χ0) is 14.7. The predicted molar refractivity (Wildman–Crippen MR) is 77.3 cm³/mol. The third-order valence-electron chi connectivity index (χ3n) is 3.27. The highest BCUT2D eigenvalue weighted by molar-refractivity contribution is 5.93. The molecule has 0 bridgehead atoms. The van der Waals surface area contributed by atoms with Crippen LogP contribution in [0.15, 0.2) is 30.7 Å². The van der Waals surface area contributed by atoms with Crippen LogP contribution in [0.2, 0.25) is 0 Å². The van der Waals surface area contributed by atoms with Crippen LogP contribution in [0.4, 0.5) is 0 Å². The number of hydrogen-bond acceptors (Lipinski definition) is 3. The van der Waals surface area contributed by atoms with Crippen molar-refractivity contribution >= 4 is 5.91 Å². The van der Waals surface area contributed by atoms with E-state index in [0.29, 0.717) is 18.0 Å². The van der Waals surface area contributed by atoms with Crippen LogP contribution in [0.3, 0.4) is 0 Å². The molecule has 0 aliphatic carbocycles. The fourth-order valence-corrected chi connectivity index (χ4v) is 1.93. The molecule has 2 rings (SSSR count). The Balaban J connectivity index is 2.08. The van der Waals surface area contributed by atoms with Gasteiger partial charge in [-0.3, -0.25) is 9.78 Å². The maximum absolute atomic E-state index is 12.3. The first-order chi connectivity index (χ1) is 9.49. The molecule has 106 valence electrons. The molecule has 0 atom stereocenters. The van der Waals surface area contributed by atoms with Gasteiger partial charge in [0.05, 0.1) is 12.1 Å². The summed E-state index contributed by atoms with van der Waals surface area (Å²) in [6.45, 7) is 4.64. The highest BCUT2D eigenvalue weighted by Crippen LogP contribution is 2.12. The first-order valence-electron chi connectivity index (χ1n) is 6.66. The maximum atomic E-state index is 12.3. The highest BCUT2D eigenvalue weighted by Gasteiger charge is 2.14. The lowest BCUT2D eigenvalue weighted by atomic mass is 10.1. The van der Waals surface area contributed by atoms with Crippen molar-refractivity contribution in [3.05, 3.63) is 47.8 Å². The average molecular weight is 272 g/mol. The van der Waals surface area contributed by atoms with Gasteiger partial charge in [-0.1, -0.05) is 13.8 Å². The summed E-state index contributed by atoms with van der Waals surface area (Å²) in [7, 11) is 3.69. The summed E-state index contributed by atoms with van der Waals surface area (Å²) >= 11 is 0. The quantitative estimate of drug-likeness (QED) is 0.857. The molecule has 0 radical (unpaired) electrons. The standard InChI is InChI=1S/C15H20N4O/c1-11(2)13-6-5-12(9-17-13)15(20)19(4)10-14-16-7-8-18(14)3/h5-9,11H,10H2,1-4H3. The largest absolute Gasteiger partial charge is 0.337 e. The molecular weight excluding hydrogens is 252 g/mol. The van der Waals surface area contributed by atoms with Crippen LogP contribution in [0.5, 0.6) is 0 Å². The fraction of sp³-hybridized carbons (Fsp3) is 0.400. The molecule has 2 aromatic heterocycles. The fourth-order valence-electron chi connectivity index (χ4n) is 1.93. The first-order valence-corrected chi connectivity index (χ1v) is 6.66. The minimum Gasteiger partial charge on any atom is -0.337 e. The normalized spacial score (nSPS) is 10.8. The molecule has 0 unspecified atom stereocenters. The molecule has 2 heterocycles. The molecule has 0 fully saturated rings. The number of nitrogens with zero attached hydrogens (tertiary/aromatic N) is 4. The van der Waals surface area contributed by atoms with Gasteiger partial charge in [0.15, 0.2) is 0 Å².